The van der Waals surface area contributed by atoms with Crippen molar-refractivity contribution in [2.75, 3.05) is 19.6 Å². The summed E-state index contributed by atoms with van der Waals surface area (Å²) in [5.41, 5.74) is 1.03. The average Bonchev–Trinajstić information content (AvgIpc) is 1.97. The molecule has 0 bridgehead atoms. The van der Waals surface area contributed by atoms with Crippen LogP contribution in [0.2, 0.25) is 0 Å². The molecule has 0 aliphatic rings. The van der Waals surface area contributed by atoms with Crippen LogP contribution in [0.4, 0.5) is 0 Å². The molecule has 0 atom stereocenters. The molecule has 0 saturated heterocycles. The minimum absolute atomic E-state index is 0.254. The monoisotopic (exact) mass is 201 g/mol. The highest BCUT2D eigenvalue weighted by Gasteiger charge is 2.11. The smallest absolute Gasteiger partial charge is 0.317 e. The lowest BCUT2D eigenvalue weighted by atomic mass is 10.3. The Morgan fingerprint density at radius 1 is 1.14 bits per heavy atom. The van der Waals surface area contributed by atoms with Gasteiger partial charge >= 0.3 is 11.9 Å². The van der Waals surface area contributed by atoms with Gasteiger partial charge in [-0.15, -0.1) is 0 Å². The van der Waals surface area contributed by atoms with Crippen LogP contribution in [0.25, 0.3) is 0 Å². The van der Waals surface area contributed by atoms with Crippen molar-refractivity contribution in [1.29, 1.82) is 0 Å². The summed E-state index contributed by atoms with van der Waals surface area (Å²) in [6, 6.07) is 0. The molecule has 5 heteroatoms. The van der Waals surface area contributed by atoms with Gasteiger partial charge in [-0.2, -0.15) is 0 Å². The van der Waals surface area contributed by atoms with Crippen LogP contribution in [-0.2, 0) is 9.59 Å². The molecule has 0 rings (SSSR count). The number of allylic oxidation sites excluding steroid dienone is 1. The van der Waals surface area contributed by atoms with E-state index >= 15 is 0 Å². The molecule has 80 valence electrons. The Morgan fingerprint density at radius 3 is 1.86 bits per heavy atom. The maximum atomic E-state index is 10.4. The summed E-state index contributed by atoms with van der Waals surface area (Å²) >= 11 is 0. The van der Waals surface area contributed by atoms with E-state index in [9.17, 15) is 9.59 Å². The Bertz CT molecular complexity index is 227. The number of carbonyl (C=O) groups is 2. The van der Waals surface area contributed by atoms with Crippen LogP contribution in [0, 0.1) is 0 Å². The highest BCUT2D eigenvalue weighted by atomic mass is 16.4. The lowest BCUT2D eigenvalue weighted by molar-refractivity contribution is -0.141. The third kappa shape index (κ3) is 7.30. The molecule has 2 N–H and O–H groups in total. The lowest BCUT2D eigenvalue weighted by Crippen LogP contribution is -2.34. The first-order valence-corrected chi connectivity index (χ1v) is 4.21. The largest absolute Gasteiger partial charge is 0.480 e. The summed E-state index contributed by atoms with van der Waals surface area (Å²) in [6.07, 6.45) is 1.80. The Balaban J connectivity index is 4.17. The zero-order valence-electron chi connectivity index (χ0n) is 8.36. The highest BCUT2D eigenvalue weighted by Crippen LogP contribution is 1.93. The van der Waals surface area contributed by atoms with E-state index < -0.39 is 11.9 Å². The van der Waals surface area contributed by atoms with Gasteiger partial charge in [0.05, 0.1) is 13.1 Å². The first-order chi connectivity index (χ1) is 6.41. The van der Waals surface area contributed by atoms with Crippen molar-refractivity contribution in [2.24, 2.45) is 0 Å². The number of carboxylic acid groups (broad SMARTS) is 2. The Kier molecular flexibility index (Phi) is 5.55. The van der Waals surface area contributed by atoms with Crippen LogP contribution in [0.3, 0.4) is 0 Å². The van der Waals surface area contributed by atoms with Crippen LogP contribution in [0.15, 0.2) is 11.6 Å². The van der Waals surface area contributed by atoms with Crippen LogP contribution in [-0.4, -0.2) is 46.7 Å². The van der Waals surface area contributed by atoms with Crippen LogP contribution < -0.4 is 0 Å². The summed E-state index contributed by atoms with van der Waals surface area (Å²) in [7, 11) is 0. The number of carboxylic acids is 2. The van der Waals surface area contributed by atoms with Crippen molar-refractivity contribution in [3.05, 3.63) is 11.6 Å². The predicted molar refractivity (Wildman–Crippen MR) is 51.1 cm³/mol. The van der Waals surface area contributed by atoms with Gasteiger partial charge in [0.1, 0.15) is 0 Å². The lowest BCUT2D eigenvalue weighted by Gasteiger charge is -2.15. The van der Waals surface area contributed by atoms with E-state index in [0.717, 1.165) is 5.57 Å². The molecule has 0 aliphatic heterocycles. The number of rotatable bonds is 6. The van der Waals surface area contributed by atoms with E-state index in [4.69, 9.17) is 10.2 Å². The molecule has 0 fully saturated rings. The molecule has 0 unspecified atom stereocenters. The topological polar surface area (TPSA) is 77.8 Å². The van der Waals surface area contributed by atoms with E-state index in [1.807, 2.05) is 13.8 Å². The number of hydrogen-bond donors (Lipinski definition) is 2. The van der Waals surface area contributed by atoms with Gasteiger partial charge in [-0.3, -0.25) is 14.5 Å². The molecular weight excluding hydrogens is 186 g/mol. The maximum absolute atomic E-state index is 10.4. The van der Waals surface area contributed by atoms with Gasteiger partial charge in [0, 0.05) is 6.54 Å². The number of hydrogen-bond acceptors (Lipinski definition) is 3. The van der Waals surface area contributed by atoms with Crippen molar-refractivity contribution < 1.29 is 19.8 Å². The molecule has 0 aromatic heterocycles. The Morgan fingerprint density at radius 2 is 1.57 bits per heavy atom. The Hall–Kier alpha value is -1.36. The van der Waals surface area contributed by atoms with Gasteiger partial charge in [-0.25, -0.2) is 0 Å². The summed E-state index contributed by atoms with van der Waals surface area (Å²) in [4.78, 5) is 22.1. The van der Waals surface area contributed by atoms with Gasteiger partial charge in [0.25, 0.3) is 0 Å². The molecule has 0 aromatic rings. The fourth-order valence-electron chi connectivity index (χ4n) is 0.879. The van der Waals surface area contributed by atoms with Crippen molar-refractivity contribution in [2.45, 2.75) is 13.8 Å². The molecule has 0 aromatic carbocycles. The number of nitrogens with zero attached hydrogens (tertiary/aromatic N) is 1. The van der Waals surface area contributed by atoms with Crippen molar-refractivity contribution in [3.8, 4) is 0 Å². The standard InChI is InChI=1S/C9H15NO4/c1-7(2)3-4-10(5-8(11)12)6-9(13)14/h3H,4-6H2,1-2H3,(H,11,12)(H,13,14). The Labute approximate surface area is 82.6 Å². The molecule has 14 heavy (non-hydrogen) atoms. The second-order valence-corrected chi connectivity index (χ2v) is 3.24. The highest BCUT2D eigenvalue weighted by molar-refractivity contribution is 5.72. The first-order valence-electron chi connectivity index (χ1n) is 4.21. The quantitative estimate of drug-likeness (QED) is 0.609. The zero-order chi connectivity index (χ0) is 11.1. The zero-order valence-corrected chi connectivity index (χ0v) is 8.36. The molecule has 0 saturated carbocycles. The molecule has 0 heterocycles. The molecular formula is C9H15NO4. The molecule has 0 radical (unpaired) electrons. The summed E-state index contributed by atoms with van der Waals surface area (Å²) in [5, 5.41) is 17.0. The van der Waals surface area contributed by atoms with Gasteiger partial charge < -0.3 is 10.2 Å². The van der Waals surface area contributed by atoms with Crippen LogP contribution in [0.1, 0.15) is 13.8 Å². The fraction of sp³-hybridized carbons (Fsp3) is 0.556. The van der Waals surface area contributed by atoms with Crippen molar-refractivity contribution in [3.63, 3.8) is 0 Å². The average molecular weight is 201 g/mol. The molecule has 0 amide bonds. The van der Waals surface area contributed by atoms with Gasteiger partial charge in [0.2, 0.25) is 0 Å². The van der Waals surface area contributed by atoms with E-state index in [2.05, 4.69) is 0 Å². The minimum Gasteiger partial charge on any atom is -0.480 e. The van der Waals surface area contributed by atoms with E-state index in [1.54, 1.807) is 6.08 Å². The normalized spacial score (nSPS) is 9.93. The minimum atomic E-state index is -1.02. The van der Waals surface area contributed by atoms with E-state index in [0.29, 0.717) is 6.54 Å². The SMILES string of the molecule is CC(C)=CCN(CC(=O)O)CC(=O)O. The molecule has 5 nitrogen and oxygen atoms in total. The van der Waals surface area contributed by atoms with Gasteiger partial charge in [-0.05, 0) is 13.8 Å². The third-order valence-electron chi connectivity index (χ3n) is 1.48. The van der Waals surface area contributed by atoms with Gasteiger partial charge in [0.15, 0.2) is 0 Å². The van der Waals surface area contributed by atoms with Gasteiger partial charge in [-0.1, -0.05) is 11.6 Å². The second kappa shape index (κ2) is 6.15. The third-order valence-corrected chi connectivity index (χ3v) is 1.48. The number of aliphatic carboxylic acids is 2. The van der Waals surface area contributed by atoms with Crippen LogP contribution in [0.5, 0.6) is 0 Å². The summed E-state index contributed by atoms with van der Waals surface area (Å²) in [6.45, 7) is 3.59. The molecule has 0 aliphatic carbocycles. The maximum Gasteiger partial charge on any atom is 0.317 e. The first kappa shape index (κ1) is 12.6. The van der Waals surface area contributed by atoms with Crippen LogP contribution >= 0.6 is 0 Å². The summed E-state index contributed by atoms with van der Waals surface area (Å²) in [5.74, 6) is -2.04. The van der Waals surface area contributed by atoms with E-state index in [-0.39, 0.29) is 13.1 Å². The van der Waals surface area contributed by atoms with E-state index in [1.165, 1.54) is 4.90 Å². The van der Waals surface area contributed by atoms with Crippen molar-refractivity contribution in [1.82, 2.24) is 4.90 Å². The summed E-state index contributed by atoms with van der Waals surface area (Å²) < 4.78 is 0. The predicted octanol–water partition coefficient (Wildman–Crippen LogP) is 0.424. The van der Waals surface area contributed by atoms with Crippen molar-refractivity contribution >= 4 is 11.9 Å². The fourth-order valence-corrected chi connectivity index (χ4v) is 0.879. The second-order valence-electron chi connectivity index (χ2n) is 3.24. The molecule has 0 spiro atoms.